The first-order valence-electron chi connectivity index (χ1n) is 42.9. The molecule has 8 amide bonds. The van der Waals surface area contributed by atoms with Crippen LogP contribution < -0.4 is 62.9 Å². The summed E-state index contributed by atoms with van der Waals surface area (Å²) in [5.74, 6) is -20.2. The third-order valence-corrected chi connectivity index (χ3v) is 29.1. The van der Waals surface area contributed by atoms with Crippen molar-refractivity contribution < 1.29 is 161 Å². The van der Waals surface area contributed by atoms with E-state index in [-0.39, 0.29) is 18.5 Å². The highest BCUT2D eigenvalue weighted by Gasteiger charge is 2.54. The van der Waals surface area contributed by atoms with Crippen LogP contribution in [-0.4, -0.2) is 251 Å². The van der Waals surface area contributed by atoms with E-state index in [9.17, 15) is 94.2 Å². The van der Waals surface area contributed by atoms with Crippen molar-refractivity contribution in [2.75, 3.05) is 13.7 Å². The summed E-state index contributed by atoms with van der Waals surface area (Å²) in [5, 5.41) is 132. The number of phenolic OH excluding ortho intramolecular Hbond substituents is 3. The molecule has 8 heterocycles. The van der Waals surface area contributed by atoms with Crippen molar-refractivity contribution in [1.82, 2.24) is 42.1 Å². The number of hydrogen-bond donors (Lipinski definition) is 23. The molecule has 3 saturated heterocycles. The monoisotopic (exact) mass is 2010 g/mol. The Morgan fingerprint density at radius 1 is 0.635 bits per heavy atom. The summed E-state index contributed by atoms with van der Waals surface area (Å²) >= 11 is 20.9. The third kappa shape index (κ3) is 23.2. The summed E-state index contributed by atoms with van der Waals surface area (Å²) in [7, 11) is -10.7. The number of nitrogens with one attached hydrogen (secondary N) is 7. The van der Waals surface area contributed by atoms with Gasteiger partial charge in [-0.3, -0.25) is 47.5 Å². The van der Waals surface area contributed by atoms with Crippen LogP contribution in [0.1, 0.15) is 137 Å². The maximum Gasteiger partial charge on any atom is 0.341 e. The van der Waals surface area contributed by atoms with Crippen molar-refractivity contribution in [1.29, 1.82) is 0 Å². The lowest BCUT2D eigenvalue weighted by atomic mass is 9.84. The fourth-order valence-corrected chi connectivity index (χ4v) is 20.1. The average molecular weight is 2010 g/mol. The number of rotatable bonds is 23. The van der Waals surface area contributed by atoms with Crippen LogP contribution in [0.3, 0.4) is 0 Å². The third-order valence-electron chi connectivity index (χ3n) is 24.5. The molecule has 11 bridgehead atoms. The lowest BCUT2D eigenvalue weighted by Gasteiger charge is -2.48. The predicted molar refractivity (Wildman–Crippen MR) is 481 cm³/mol. The quantitative estimate of drug-likeness (QED) is 0.0405. The number of benzene rings is 7. The Kier molecular flexibility index (Phi) is 31.5. The van der Waals surface area contributed by atoms with Gasteiger partial charge in [0, 0.05) is 65.3 Å². The van der Waals surface area contributed by atoms with E-state index in [1.807, 2.05) is 36.4 Å². The molecule has 15 rings (SSSR count). The molecule has 25 N–H and O–H groups in total. The van der Waals surface area contributed by atoms with Gasteiger partial charge in [0.15, 0.2) is 41.6 Å². The van der Waals surface area contributed by atoms with E-state index in [0.717, 1.165) is 96.5 Å². The molecule has 7 aromatic rings. The zero-order valence-electron chi connectivity index (χ0n) is 73.9. The van der Waals surface area contributed by atoms with Crippen LogP contribution >= 0.6 is 50.0 Å². The fraction of sp³-hybridized carbons (Fsp3) is 0.427. The molecule has 22 atom stereocenters. The van der Waals surface area contributed by atoms with Gasteiger partial charge in [0.05, 0.1) is 53.9 Å². The number of phenols is 3. The van der Waals surface area contributed by atoms with E-state index in [0.29, 0.717) is 9.92 Å². The van der Waals surface area contributed by atoms with Gasteiger partial charge in [-0.25, -0.2) is 4.79 Å². The molecule has 7 aromatic carbocycles. The number of carboxylic acid groups (broad SMARTS) is 1. The minimum atomic E-state index is -5.80. The summed E-state index contributed by atoms with van der Waals surface area (Å²) in [5.41, 5.74) is 8.73. The number of carbonyl (C=O) groups is 9. The number of fused-ring (bicyclic) bond motifs is 15. The lowest BCUT2D eigenvalue weighted by Crippen LogP contribution is -2.65. The standard InChI is InChI=1S/C89H103Cl3N10O33P2/c1-36(2)22-53(102(7)62(108)31-65(136(122,123)124)137(125,126)127)81(115)100-70-72(109)43-15-20-56(50(91)24-43)130-58-26-45-27-59(76(58)135-87-77(74(111)73(110)60(35-103)132-87)134-64-33-89(6,79(113)38(4)129-64)95-34-39-8-10-40(11-9-39)41-12-17-46(90)18-13-41)131-57-21-16-44(25-51(57)92)75(133-63-32-88(5,94)78(112)37(3)128-63)71-85(119)99-69(86(120)121)49-28-47(104)29-55(106)66(49)48-23-42(14-19-54(48)105)67(82(116)101-71)98-83(117)68(45)97-80(114)52(30-61(93)107)96-84(70)118/h8-21,23-29,36-38,52-53,60,63-65,67-75,77-79,87,95,103-106,109-113H,22,30-35,94H2,1-7H3,(H2,93,107)(H,96,118)(H,97,114)(H,98,117)(H,99,119)(H,100,115)(H,101,116)(H,120,121)(H2,122,123,124)(H2,125,126,127)/t37-,38-,52-,53+,60+,63-,64-,67+,68+,69-,70+,71-,72+,73+,74-,75+,77+,78-,79-,87-,88-,89-/m0/s1. The number of primary amides is 1. The number of aliphatic hydroxyl groups excluding tert-OH is 6. The molecule has 0 spiro atoms. The highest BCUT2D eigenvalue weighted by molar-refractivity contribution is 7.70. The molecule has 48 heteroatoms. The maximum atomic E-state index is 16.7. The van der Waals surface area contributed by atoms with E-state index in [1.165, 1.54) is 40.7 Å². The number of carbonyl (C=O) groups excluding carboxylic acids is 8. The second kappa shape index (κ2) is 41.7. The number of nitrogens with two attached hydrogens (primary N) is 2. The van der Waals surface area contributed by atoms with E-state index < -0.39 is 335 Å². The molecule has 137 heavy (non-hydrogen) atoms. The number of nitrogens with zero attached hydrogens (tertiary/aromatic N) is 1. The Morgan fingerprint density at radius 2 is 1.20 bits per heavy atom. The van der Waals surface area contributed by atoms with Gasteiger partial charge in [-0.15, -0.1) is 0 Å². The van der Waals surface area contributed by atoms with Crippen LogP contribution in [0.4, 0.5) is 0 Å². The minimum absolute atomic E-state index is 0.147. The molecular weight excluding hydrogens is 1910 g/mol. The van der Waals surface area contributed by atoms with Gasteiger partial charge in [-0.2, -0.15) is 0 Å². The van der Waals surface area contributed by atoms with Crippen LogP contribution in [0, 0.1) is 5.92 Å². The number of amides is 8. The molecule has 43 nitrogen and oxygen atoms in total. The van der Waals surface area contributed by atoms with Gasteiger partial charge in [0.2, 0.25) is 59.3 Å². The number of aliphatic hydroxyl groups is 6. The number of aliphatic carboxylic acids is 1. The molecule has 0 unspecified atom stereocenters. The Balaban J connectivity index is 1.01. The van der Waals surface area contributed by atoms with Gasteiger partial charge in [0.1, 0.15) is 95.5 Å². The molecule has 3 fully saturated rings. The zero-order valence-corrected chi connectivity index (χ0v) is 78.0. The number of carboxylic acids is 1. The normalized spacial score (nSPS) is 28.4. The SMILES string of the molecule is CC(C)C[C@H](C(=O)N[C@H]1C(=O)N[C@@H](CC(N)=O)C(=O)N[C@H]2C(=O)N[C@H]3C(=O)N[C@H](C(=O)N[C@H](C(=O)O)c4cc(O)cc(O)c4-c4cc3ccc4O)[C@H](O[C@H]3C[C@](C)(N)[C@@H](O)[C@H](C)O3)c3ccc(c(Cl)c3)Oc3cc2cc(c3O[C@@H]2O[C@H](CO)[C@@H](O)[C@H](O)[C@H]2O[C@H]2C[C@](C)(NCc3ccc(-c4ccc(Cl)cc4)cc3)[C@@H](O)[C@H](C)O2)Oc2ccc(cc2Cl)[C@H]1O)N(C)C(=O)CC(P(=O)(O)O)P(=O)(O)O. The molecule has 8 aliphatic rings. The molecule has 0 saturated carbocycles. The van der Waals surface area contributed by atoms with Gasteiger partial charge < -0.3 is 162 Å². The van der Waals surface area contributed by atoms with Crippen molar-refractivity contribution in [2.45, 2.75) is 219 Å². The fourth-order valence-electron chi connectivity index (χ4n) is 17.1. The van der Waals surface area contributed by atoms with E-state index in [2.05, 4.69) is 37.2 Å². The molecule has 0 aliphatic carbocycles. The van der Waals surface area contributed by atoms with E-state index >= 15 is 28.8 Å². The summed E-state index contributed by atoms with van der Waals surface area (Å²) in [6.45, 7) is 8.24. The highest BCUT2D eigenvalue weighted by atomic mass is 35.5. The molecule has 0 radical (unpaired) electrons. The second-order valence-electron chi connectivity index (χ2n) is 35.3. The summed E-state index contributed by atoms with van der Waals surface area (Å²) in [4.78, 5) is 177. The Morgan fingerprint density at radius 3 is 1.79 bits per heavy atom. The summed E-state index contributed by atoms with van der Waals surface area (Å²) < 4.78 is 77.7. The van der Waals surface area contributed by atoms with Crippen LogP contribution in [0.15, 0.2) is 127 Å². The molecular formula is C89H103Cl3N10O33P2. The van der Waals surface area contributed by atoms with Crippen molar-refractivity contribution in [3.8, 4) is 68.2 Å². The maximum absolute atomic E-state index is 16.7. The number of hydrogen-bond acceptors (Lipinski definition) is 30. The number of likely N-dealkylation sites (N-methyl/N-ethyl adjacent to an activating group) is 1. The second-order valence-corrected chi connectivity index (χ2v) is 40.5. The van der Waals surface area contributed by atoms with Crippen LogP contribution in [0.5, 0.6) is 46.0 Å². The Labute approximate surface area is 795 Å². The van der Waals surface area contributed by atoms with Gasteiger partial charge in [-0.1, -0.05) is 103 Å². The minimum Gasteiger partial charge on any atom is -0.508 e. The Bertz CT molecular complexity index is 5860. The first-order valence-corrected chi connectivity index (χ1v) is 47.3. The van der Waals surface area contributed by atoms with Crippen molar-refractivity contribution in [3.05, 3.63) is 176 Å². The van der Waals surface area contributed by atoms with Gasteiger partial charge in [-0.05, 0) is 146 Å². The van der Waals surface area contributed by atoms with Crippen LogP contribution in [0.2, 0.25) is 15.1 Å². The molecule has 738 valence electrons. The first-order chi connectivity index (χ1) is 64.3. The topological polar surface area (TPSA) is 684 Å². The van der Waals surface area contributed by atoms with E-state index in [1.54, 1.807) is 19.1 Å². The molecule has 8 aliphatic heterocycles. The van der Waals surface area contributed by atoms with Crippen molar-refractivity contribution in [2.24, 2.45) is 17.4 Å². The van der Waals surface area contributed by atoms with Gasteiger partial charge >= 0.3 is 21.2 Å². The number of ether oxygens (including phenoxy) is 8. The van der Waals surface area contributed by atoms with Crippen molar-refractivity contribution >= 4 is 103 Å². The number of halogens is 3. The van der Waals surface area contributed by atoms with Gasteiger partial charge in [0.25, 0.3) is 0 Å². The van der Waals surface area contributed by atoms with Crippen molar-refractivity contribution in [3.63, 3.8) is 0 Å². The van der Waals surface area contributed by atoms with Crippen LogP contribution in [0.25, 0.3) is 22.3 Å². The lowest BCUT2D eigenvalue weighted by molar-refractivity contribution is -0.334. The molecule has 0 aromatic heterocycles. The Hall–Kier alpha value is -10.8. The highest BCUT2D eigenvalue weighted by Crippen LogP contribution is 2.62. The zero-order chi connectivity index (χ0) is 100. The predicted octanol–water partition coefficient (Wildman–Crippen LogP) is 3.81. The average Bonchev–Trinajstić information content (AvgIpc) is 0.766. The van der Waals surface area contributed by atoms with Crippen LogP contribution in [-0.2, 0) is 82.5 Å². The summed E-state index contributed by atoms with van der Waals surface area (Å²) in [6, 6.07) is 11.4. The smallest absolute Gasteiger partial charge is 0.341 e. The largest absolute Gasteiger partial charge is 0.508 e. The van der Waals surface area contributed by atoms with E-state index in [4.69, 9.17) is 84.2 Å². The summed E-state index contributed by atoms with van der Waals surface area (Å²) in [6.07, 6.45) is -26.5. The first kappa shape index (κ1) is 104. The number of aromatic hydroxyl groups is 3.